The van der Waals surface area contributed by atoms with Crippen molar-refractivity contribution in [1.29, 1.82) is 0 Å². The molecular weight excluding hydrogens is 198 g/mol. The smallest absolute Gasteiger partial charge is 0.0673 e. The zero-order valence-electron chi connectivity index (χ0n) is 10.7. The molecule has 0 amide bonds. The van der Waals surface area contributed by atoms with Gasteiger partial charge in [-0.05, 0) is 39.4 Å². The van der Waals surface area contributed by atoms with E-state index in [0.29, 0.717) is 6.04 Å². The monoisotopic (exact) mass is 221 g/mol. The third-order valence-corrected chi connectivity index (χ3v) is 3.12. The summed E-state index contributed by atoms with van der Waals surface area (Å²) >= 11 is 0. The molecule has 16 heavy (non-hydrogen) atoms. The molecule has 0 saturated carbocycles. The first-order valence-electron chi connectivity index (χ1n) is 5.96. The van der Waals surface area contributed by atoms with Gasteiger partial charge in [0.15, 0.2) is 0 Å². The minimum atomic E-state index is 0.127. The van der Waals surface area contributed by atoms with Crippen LogP contribution in [-0.2, 0) is 0 Å². The highest BCUT2D eigenvalue weighted by molar-refractivity contribution is 5.11. The van der Waals surface area contributed by atoms with Gasteiger partial charge in [-0.25, -0.2) is 0 Å². The lowest BCUT2D eigenvalue weighted by Crippen LogP contribution is -2.42. The van der Waals surface area contributed by atoms with Crippen LogP contribution in [0.5, 0.6) is 0 Å². The number of hydrogen-bond donors (Lipinski definition) is 1. The molecule has 3 heteroatoms. The van der Waals surface area contributed by atoms with Gasteiger partial charge in [-0.2, -0.15) is 0 Å². The minimum Gasteiger partial charge on any atom is -0.326 e. The Labute approximate surface area is 98.7 Å². The van der Waals surface area contributed by atoms with Crippen LogP contribution in [0.2, 0.25) is 0 Å². The van der Waals surface area contributed by atoms with Crippen LogP contribution in [0.3, 0.4) is 0 Å². The number of aromatic nitrogens is 1. The second kappa shape index (κ2) is 5.97. The van der Waals surface area contributed by atoms with Gasteiger partial charge in [0.05, 0.1) is 11.7 Å². The fourth-order valence-electron chi connectivity index (χ4n) is 1.83. The Morgan fingerprint density at radius 2 is 2.06 bits per heavy atom. The van der Waals surface area contributed by atoms with Gasteiger partial charge in [0.2, 0.25) is 0 Å². The van der Waals surface area contributed by atoms with E-state index in [2.05, 4.69) is 43.8 Å². The van der Waals surface area contributed by atoms with Gasteiger partial charge < -0.3 is 5.73 Å². The molecule has 2 unspecified atom stereocenters. The highest BCUT2D eigenvalue weighted by Gasteiger charge is 2.25. The Hall–Kier alpha value is -0.930. The Kier molecular flexibility index (Phi) is 4.90. The summed E-state index contributed by atoms with van der Waals surface area (Å²) in [4.78, 5) is 6.72. The van der Waals surface area contributed by atoms with Crippen molar-refractivity contribution in [3.05, 3.63) is 30.1 Å². The van der Waals surface area contributed by atoms with Crippen molar-refractivity contribution in [2.24, 2.45) is 5.73 Å². The first-order chi connectivity index (χ1) is 7.57. The summed E-state index contributed by atoms with van der Waals surface area (Å²) in [6.07, 6.45) is 2.79. The molecule has 1 heterocycles. The molecule has 0 bridgehead atoms. The van der Waals surface area contributed by atoms with Crippen LogP contribution in [0.25, 0.3) is 0 Å². The summed E-state index contributed by atoms with van der Waals surface area (Å²) in [5.74, 6) is 0. The van der Waals surface area contributed by atoms with Crippen LogP contribution >= 0.6 is 0 Å². The van der Waals surface area contributed by atoms with Crippen molar-refractivity contribution in [3.8, 4) is 0 Å². The Balaban J connectivity index is 2.96. The summed E-state index contributed by atoms with van der Waals surface area (Å²) in [5.41, 5.74) is 7.27. The van der Waals surface area contributed by atoms with Crippen LogP contribution in [0, 0.1) is 0 Å². The van der Waals surface area contributed by atoms with Crippen molar-refractivity contribution in [2.45, 2.75) is 45.3 Å². The molecule has 0 fully saturated rings. The van der Waals surface area contributed by atoms with Crippen LogP contribution < -0.4 is 5.73 Å². The lowest BCUT2D eigenvalue weighted by Gasteiger charge is -2.34. The molecule has 1 aromatic heterocycles. The average molecular weight is 221 g/mol. The van der Waals surface area contributed by atoms with Crippen molar-refractivity contribution < 1.29 is 0 Å². The molecule has 1 aromatic rings. The van der Waals surface area contributed by atoms with E-state index < -0.39 is 0 Å². The second-order valence-electron chi connectivity index (χ2n) is 4.53. The van der Waals surface area contributed by atoms with Crippen molar-refractivity contribution >= 4 is 0 Å². The molecular formula is C13H23N3. The maximum absolute atomic E-state index is 6.21. The van der Waals surface area contributed by atoms with E-state index in [4.69, 9.17) is 5.73 Å². The summed E-state index contributed by atoms with van der Waals surface area (Å²) < 4.78 is 0. The molecule has 0 radical (unpaired) electrons. The molecule has 0 aromatic carbocycles. The van der Waals surface area contributed by atoms with E-state index >= 15 is 0 Å². The maximum atomic E-state index is 6.21. The fourth-order valence-corrected chi connectivity index (χ4v) is 1.83. The molecule has 2 N–H and O–H groups in total. The number of pyridine rings is 1. The fraction of sp³-hybridized carbons (Fsp3) is 0.615. The molecule has 1 rings (SSSR count). The first kappa shape index (κ1) is 13.1. The molecule has 0 saturated heterocycles. The molecule has 0 aliphatic rings. The Morgan fingerprint density at radius 3 is 2.50 bits per heavy atom. The van der Waals surface area contributed by atoms with Gasteiger partial charge in [-0.3, -0.25) is 9.88 Å². The van der Waals surface area contributed by atoms with Crippen LogP contribution in [-0.4, -0.2) is 29.0 Å². The Morgan fingerprint density at radius 1 is 1.38 bits per heavy atom. The van der Waals surface area contributed by atoms with Gasteiger partial charge in [-0.15, -0.1) is 0 Å². The van der Waals surface area contributed by atoms with Gasteiger partial charge in [0, 0.05) is 18.3 Å². The highest BCUT2D eigenvalue weighted by atomic mass is 15.2. The summed E-state index contributed by atoms with van der Waals surface area (Å²) in [5, 5.41) is 0. The van der Waals surface area contributed by atoms with E-state index in [-0.39, 0.29) is 12.1 Å². The summed E-state index contributed by atoms with van der Waals surface area (Å²) in [6.45, 7) is 6.48. The predicted octanol–water partition coefficient (Wildman–Crippen LogP) is 2.20. The van der Waals surface area contributed by atoms with E-state index in [1.807, 2.05) is 18.3 Å². The van der Waals surface area contributed by atoms with Gasteiger partial charge in [0.1, 0.15) is 0 Å². The SMILES string of the molecule is CCC(N)C(c1ccccn1)N(C)C(C)C. The molecule has 0 aliphatic heterocycles. The van der Waals surface area contributed by atoms with Crippen molar-refractivity contribution in [1.82, 2.24) is 9.88 Å². The number of rotatable bonds is 5. The predicted molar refractivity (Wildman–Crippen MR) is 68.1 cm³/mol. The lowest BCUT2D eigenvalue weighted by molar-refractivity contribution is 0.165. The van der Waals surface area contributed by atoms with E-state index in [1.54, 1.807) is 0 Å². The third kappa shape index (κ3) is 3.03. The number of nitrogens with zero attached hydrogens (tertiary/aromatic N) is 2. The van der Waals surface area contributed by atoms with E-state index in [0.717, 1.165) is 12.1 Å². The quantitative estimate of drug-likeness (QED) is 0.829. The largest absolute Gasteiger partial charge is 0.326 e. The minimum absolute atomic E-state index is 0.127. The summed E-state index contributed by atoms with van der Waals surface area (Å²) in [6, 6.07) is 6.80. The van der Waals surface area contributed by atoms with Gasteiger partial charge in [0.25, 0.3) is 0 Å². The first-order valence-corrected chi connectivity index (χ1v) is 5.96. The standard InChI is InChI=1S/C13H23N3/c1-5-11(14)13(16(4)10(2)3)12-8-6-7-9-15-12/h6-11,13H,5,14H2,1-4H3. The van der Waals surface area contributed by atoms with E-state index in [9.17, 15) is 0 Å². The van der Waals surface area contributed by atoms with Crippen molar-refractivity contribution in [3.63, 3.8) is 0 Å². The molecule has 90 valence electrons. The van der Waals surface area contributed by atoms with Crippen LogP contribution in [0.4, 0.5) is 0 Å². The molecule has 2 atom stereocenters. The zero-order chi connectivity index (χ0) is 12.1. The number of likely N-dealkylation sites (N-methyl/N-ethyl adjacent to an activating group) is 1. The molecule has 0 spiro atoms. The average Bonchev–Trinajstić information content (AvgIpc) is 2.30. The van der Waals surface area contributed by atoms with Gasteiger partial charge >= 0.3 is 0 Å². The maximum Gasteiger partial charge on any atom is 0.0673 e. The molecule has 3 nitrogen and oxygen atoms in total. The second-order valence-corrected chi connectivity index (χ2v) is 4.53. The lowest BCUT2D eigenvalue weighted by atomic mass is 10.00. The molecule has 0 aliphatic carbocycles. The van der Waals surface area contributed by atoms with Gasteiger partial charge in [-0.1, -0.05) is 13.0 Å². The zero-order valence-corrected chi connectivity index (χ0v) is 10.7. The number of hydrogen-bond acceptors (Lipinski definition) is 3. The summed E-state index contributed by atoms with van der Waals surface area (Å²) in [7, 11) is 2.11. The number of nitrogens with two attached hydrogens (primary N) is 1. The van der Waals surface area contributed by atoms with Crippen LogP contribution in [0.15, 0.2) is 24.4 Å². The topological polar surface area (TPSA) is 42.1 Å². The normalized spacial score (nSPS) is 15.4. The van der Waals surface area contributed by atoms with E-state index in [1.165, 1.54) is 0 Å². The highest BCUT2D eigenvalue weighted by Crippen LogP contribution is 2.23. The Bertz CT molecular complexity index is 297. The van der Waals surface area contributed by atoms with Crippen LogP contribution in [0.1, 0.15) is 38.9 Å². The van der Waals surface area contributed by atoms with Crippen molar-refractivity contribution in [2.75, 3.05) is 7.05 Å². The third-order valence-electron chi connectivity index (χ3n) is 3.12.